The summed E-state index contributed by atoms with van der Waals surface area (Å²) < 4.78 is 14.9. The van der Waals surface area contributed by atoms with Gasteiger partial charge in [0.15, 0.2) is 11.5 Å². The van der Waals surface area contributed by atoms with Gasteiger partial charge in [-0.2, -0.15) is 0 Å². The van der Waals surface area contributed by atoms with Gasteiger partial charge in [0.05, 0.1) is 38.6 Å². The third-order valence-corrected chi connectivity index (χ3v) is 5.39. The molecule has 4 aromatic rings. The molecule has 0 radical (unpaired) electrons. The van der Waals surface area contributed by atoms with Gasteiger partial charge in [0.25, 0.3) is 0 Å². The predicted octanol–water partition coefficient (Wildman–Crippen LogP) is 2.39. The number of ether oxygens (including phenoxy) is 2. The molecule has 0 aliphatic carbocycles. The molecule has 0 N–H and O–H groups in total. The topological polar surface area (TPSA) is 73.5 Å². The van der Waals surface area contributed by atoms with Crippen LogP contribution in [0.2, 0.25) is 0 Å². The maximum Gasteiger partial charge on any atom is 0.228 e. The van der Waals surface area contributed by atoms with Gasteiger partial charge in [0, 0.05) is 6.54 Å². The second-order valence-corrected chi connectivity index (χ2v) is 7.19. The maximum absolute atomic E-state index is 5.44. The van der Waals surface area contributed by atoms with Gasteiger partial charge in [0.2, 0.25) is 5.95 Å². The highest BCUT2D eigenvalue weighted by molar-refractivity contribution is 5.79. The summed E-state index contributed by atoms with van der Waals surface area (Å²) in [5.41, 5.74) is 3.29. The minimum Gasteiger partial charge on any atom is -0.493 e. The third kappa shape index (κ3) is 3.22. The number of anilines is 1. The van der Waals surface area contributed by atoms with Crippen molar-refractivity contribution < 1.29 is 9.47 Å². The molecule has 0 spiro atoms. The van der Waals surface area contributed by atoms with E-state index in [2.05, 4.69) is 36.8 Å². The maximum atomic E-state index is 5.44. The first-order valence-corrected chi connectivity index (χ1v) is 9.78. The normalized spacial score (nSPS) is 14.1. The number of aromatic nitrogens is 5. The molecule has 5 rings (SSSR count). The molecule has 0 saturated carbocycles. The molecule has 2 aromatic carbocycles. The SMILES string of the molecule is COc1ccc(CCN2CN(n3cnnc3)c3nc4ccccc4n3C2)cc1OC. The van der Waals surface area contributed by atoms with Crippen molar-refractivity contribution in [3.8, 4) is 11.5 Å². The van der Waals surface area contributed by atoms with Crippen LogP contribution in [0.25, 0.3) is 11.0 Å². The molecule has 0 atom stereocenters. The lowest BCUT2D eigenvalue weighted by atomic mass is 10.1. The average molecular weight is 405 g/mol. The van der Waals surface area contributed by atoms with Crippen molar-refractivity contribution in [2.75, 3.05) is 32.4 Å². The van der Waals surface area contributed by atoms with Crippen molar-refractivity contribution in [3.63, 3.8) is 0 Å². The van der Waals surface area contributed by atoms with Crippen LogP contribution in [0.4, 0.5) is 5.95 Å². The van der Waals surface area contributed by atoms with Crippen LogP contribution in [0.3, 0.4) is 0 Å². The molecular formula is C21H23N7O2. The lowest BCUT2D eigenvalue weighted by Gasteiger charge is -2.36. The van der Waals surface area contributed by atoms with Gasteiger partial charge in [-0.05, 0) is 36.2 Å². The summed E-state index contributed by atoms with van der Waals surface area (Å²) in [6.07, 6.45) is 4.28. The van der Waals surface area contributed by atoms with Crippen molar-refractivity contribution in [2.45, 2.75) is 13.1 Å². The lowest BCUT2D eigenvalue weighted by Crippen LogP contribution is -2.47. The van der Waals surface area contributed by atoms with Crippen LogP contribution in [0.1, 0.15) is 5.56 Å². The van der Waals surface area contributed by atoms with Crippen LogP contribution in [0.5, 0.6) is 11.5 Å². The van der Waals surface area contributed by atoms with Crippen LogP contribution < -0.4 is 14.5 Å². The monoisotopic (exact) mass is 405 g/mol. The molecule has 154 valence electrons. The number of para-hydroxylation sites is 2. The summed E-state index contributed by atoms with van der Waals surface area (Å²) in [7, 11) is 3.31. The van der Waals surface area contributed by atoms with Crippen molar-refractivity contribution in [1.82, 2.24) is 29.3 Å². The fourth-order valence-electron chi connectivity index (χ4n) is 3.86. The number of nitrogens with zero attached hydrogens (tertiary/aromatic N) is 7. The molecular weight excluding hydrogens is 382 g/mol. The molecule has 1 aliphatic rings. The van der Waals surface area contributed by atoms with E-state index in [1.807, 2.05) is 35.0 Å². The fraction of sp³-hybridized carbons (Fsp3) is 0.286. The second-order valence-electron chi connectivity index (χ2n) is 7.19. The number of hydrogen-bond acceptors (Lipinski definition) is 7. The molecule has 0 unspecified atom stereocenters. The van der Waals surface area contributed by atoms with E-state index < -0.39 is 0 Å². The van der Waals surface area contributed by atoms with Crippen LogP contribution in [-0.4, -0.2) is 56.8 Å². The van der Waals surface area contributed by atoms with Crippen LogP contribution in [-0.2, 0) is 13.1 Å². The van der Waals surface area contributed by atoms with Crippen LogP contribution >= 0.6 is 0 Å². The molecule has 30 heavy (non-hydrogen) atoms. The zero-order valence-corrected chi connectivity index (χ0v) is 17.0. The van der Waals surface area contributed by atoms with Crippen molar-refractivity contribution in [3.05, 3.63) is 60.7 Å². The number of fused-ring (bicyclic) bond motifs is 3. The number of imidazole rings is 1. The first-order valence-electron chi connectivity index (χ1n) is 9.78. The van der Waals surface area contributed by atoms with Crippen molar-refractivity contribution in [1.29, 1.82) is 0 Å². The molecule has 9 heteroatoms. The Morgan fingerprint density at radius 1 is 0.933 bits per heavy atom. The van der Waals surface area contributed by atoms with E-state index >= 15 is 0 Å². The highest BCUT2D eigenvalue weighted by Gasteiger charge is 2.27. The van der Waals surface area contributed by atoms with Crippen molar-refractivity contribution >= 4 is 17.0 Å². The van der Waals surface area contributed by atoms with Gasteiger partial charge in [-0.3, -0.25) is 9.47 Å². The molecule has 0 fully saturated rings. The van der Waals surface area contributed by atoms with Crippen LogP contribution in [0, 0.1) is 0 Å². The Bertz CT molecular complexity index is 1160. The molecule has 3 heterocycles. The fourth-order valence-corrected chi connectivity index (χ4v) is 3.86. The van der Waals surface area contributed by atoms with Gasteiger partial charge in [-0.25, -0.2) is 14.7 Å². The smallest absolute Gasteiger partial charge is 0.228 e. The zero-order valence-electron chi connectivity index (χ0n) is 17.0. The van der Waals surface area contributed by atoms with E-state index in [0.717, 1.165) is 48.1 Å². The molecule has 0 saturated heterocycles. The lowest BCUT2D eigenvalue weighted by molar-refractivity contribution is 0.193. The number of methoxy groups -OCH3 is 2. The Morgan fingerprint density at radius 3 is 2.53 bits per heavy atom. The van der Waals surface area contributed by atoms with Crippen molar-refractivity contribution in [2.24, 2.45) is 0 Å². The predicted molar refractivity (Wildman–Crippen MR) is 112 cm³/mol. The van der Waals surface area contributed by atoms with E-state index in [1.54, 1.807) is 26.9 Å². The Morgan fingerprint density at radius 2 is 1.73 bits per heavy atom. The molecule has 9 nitrogen and oxygen atoms in total. The van der Waals surface area contributed by atoms with Gasteiger partial charge in [-0.1, -0.05) is 18.2 Å². The standard InChI is InChI=1S/C21H23N7O2/c1-29-19-8-7-16(11-20(19)30-2)9-10-25-14-27-18-6-4-3-5-17(18)24-21(27)28(15-25)26-12-22-23-13-26/h3-8,11-13H,9-10,14-15H2,1-2H3. The first-order chi connectivity index (χ1) is 14.8. The number of rotatable bonds is 6. The minimum absolute atomic E-state index is 0.689. The highest BCUT2D eigenvalue weighted by atomic mass is 16.5. The van der Waals surface area contributed by atoms with E-state index in [-0.39, 0.29) is 0 Å². The Labute approximate surface area is 174 Å². The van der Waals surface area contributed by atoms with Gasteiger partial charge in [-0.15, -0.1) is 10.2 Å². The molecule has 1 aliphatic heterocycles. The summed E-state index contributed by atoms with van der Waals surface area (Å²) >= 11 is 0. The van der Waals surface area contributed by atoms with E-state index in [0.29, 0.717) is 6.67 Å². The highest BCUT2D eigenvalue weighted by Crippen LogP contribution is 2.29. The number of benzene rings is 2. The van der Waals surface area contributed by atoms with Gasteiger partial charge in [0.1, 0.15) is 12.7 Å². The summed E-state index contributed by atoms with van der Waals surface area (Å²) in [6.45, 7) is 2.33. The molecule has 0 bridgehead atoms. The van der Waals surface area contributed by atoms with Crippen LogP contribution in [0.15, 0.2) is 55.1 Å². The summed E-state index contributed by atoms with van der Waals surface area (Å²) in [5, 5.41) is 10.0. The summed E-state index contributed by atoms with van der Waals surface area (Å²) in [5.74, 6) is 2.38. The van der Waals surface area contributed by atoms with Gasteiger partial charge < -0.3 is 9.47 Å². The van der Waals surface area contributed by atoms with E-state index in [4.69, 9.17) is 14.5 Å². The Hall–Kier alpha value is -3.59. The van der Waals surface area contributed by atoms with E-state index in [9.17, 15) is 0 Å². The first kappa shape index (κ1) is 18.4. The minimum atomic E-state index is 0.689. The van der Waals surface area contributed by atoms with E-state index in [1.165, 1.54) is 5.56 Å². The molecule has 2 aromatic heterocycles. The Balaban J connectivity index is 1.42. The third-order valence-electron chi connectivity index (χ3n) is 5.39. The average Bonchev–Trinajstić information content (AvgIpc) is 3.45. The summed E-state index contributed by atoms with van der Waals surface area (Å²) in [4.78, 5) is 7.21. The second kappa shape index (κ2) is 7.68. The van der Waals surface area contributed by atoms with Gasteiger partial charge >= 0.3 is 0 Å². The quantitative estimate of drug-likeness (QED) is 0.488. The summed E-state index contributed by atoms with van der Waals surface area (Å²) in [6, 6.07) is 14.3. The number of hydrogen-bond donors (Lipinski definition) is 0. The Kier molecular flexibility index (Phi) is 4.72. The molecule has 0 amide bonds. The largest absolute Gasteiger partial charge is 0.493 e. The zero-order chi connectivity index (χ0) is 20.5.